The van der Waals surface area contributed by atoms with Crippen molar-refractivity contribution < 1.29 is 4.79 Å². The van der Waals surface area contributed by atoms with Crippen molar-refractivity contribution >= 4 is 14.4 Å². The van der Waals surface area contributed by atoms with Gasteiger partial charge in [-0.2, -0.15) is 0 Å². The van der Waals surface area contributed by atoms with Crippen LogP contribution < -0.4 is 0 Å². The Balaban J connectivity index is 4.11. The van der Waals surface area contributed by atoms with E-state index in [0.717, 1.165) is 33.8 Å². The van der Waals surface area contributed by atoms with Gasteiger partial charge < -0.3 is 0 Å². The Morgan fingerprint density at radius 1 is 1.24 bits per heavy atom. The summed E-state index contributed by atoms with van der Waals surface area (Å²) in [4.78, 5) is 12.2. The monoisotopic (exact) mass is 258 g/mol. The zero-order chi connectivity index (χ0) is 13.3. The lowest BCUT2D eigenvalue weighted by atomic mass is 9.90. The van der Waals surface area contributed by atoms with Crippen LogP contribution >= 0.6 is 8.58 Å². The van der Waals surface area contributed by atoms with Gasteiger partial charge in [0.15, 0.2) is 0 Å². The van der Waals surface area contributed by atoms with Crippen LogP contribution in [0.4, 0.5) is 0 Å². The van der Waals surface area contributed by atoms with Gasteiger partial charge in [0.25, 0.3) is 0 Å². The summed E-state index contributed by atoms with van der Waals surface area (Å²) in [6, 6.07) is 0. The highest BCUT2D eigenvalue weighted by molar-refractivity contribution is 7.40. The van der Waals surface area contributed by atoms with E-state index in [4.69, 9.17) is 0 Å². The lowest BCUT2D eigenvalue weighted by molar-refractivity contribution is -0.121. The fourth-order valence-corrected chi connectivity index (χ4v) is 2.93. The van der Waals surface area contributed by atoms with Crippen molar-refractivity contribution in [1.29, 1.82) is 0 Å². The summed E-state index contributed by atoms with van der Waals surface area (Å²) < 4.78 is 0. The molecule has 0 radical (unpaired) electrons. The van der Waals surface area contributed by atoms with Crippen molar-refractivity contribution in [3.63, 3.8) is 0 Å². The van der Waals surface area contributed by atoms with Crippen LogP contribution in [0.2, 0.25) is 0 Å². The average molecular weight is 258 g/mol. The SMILES string of the molecule is CCCCC(CC)CCC(=O)C(C)(CC)PC. The number of unbranched alkanes of at least 4 members (excludes halogenated alkanes) is 1. The molecule has 3 atom stereocenters. The average Bonchev–Trinajstić information content (AvgIpc) is 2.37. The molecule has 0 rings (SSSR count). The molecule has 0 N–H and O–H groups in total. The van der Waals surface area contributed by atoms with Crippen LogP contribution in [0.15, 0.2) is 0 Å². The number of hydrogen-bond acceptors (Lipinski definition) is 1. The Hall–Kier alpha value is 0.100. The van der Waals surface area contributed by atoms with Gasteiger partial charge in [0.05, 0.1) is 0 Å². The van der Waals surface area contributed by atoms with E-state index in [1.165, 1.54) is 25.7 Å². The second-order valence-electron chi connectivity index (χ2n) is 5.31. The molecular weight excluding hydrogens is 227 g/mol. The second-order valence-corrected chi connectivity index (χ2v) is 6.92. The minimum atomic E-state index is -0.0386. The van der Waals surface area contributed by atoms with E-state index in [1.54, 1.807) is 0 Å². The molecule has 0 bridgehead atoms. The first-order valence-corrected chi connectivity index (χ1v) is 8.76. The highest BCUT2D eigenvalue weighted by Gasteiger charge is 2.28. The summed E-state index contributed by atoms with van der Waals surface area (Å²) in [5, 5.41) is -0.0386. The number of carbonyl (C=O) groups is 1. The molecule has 0 aliphatic carbocycles. The van der Waals surface area contributed by atoms with Crippen molar-refractivity contribution in [3.8, 4) is 0 Å². The van der Waals surface area contributed by atoms with Crippen molar-refractivity contribution in [3.05, 3.63) is 0 Å². The van der Waals surface area contributed by atoms with Crippen LogP contribution in [-0.4, -0.2) is 17.6 Å². The molecule has 2 heteroatoms. The van der Waals surface area contributed by atoms with Gasteiger partial charge in [-0.3, -0.25) is 4.79 Å². The van der Waals surface area contributed by atoms with E-state index in [0.29, 0.717) is 5.78 Å². The third-order valence-electron chi connectivity index (χ3n) is 4.20. The van der Waals surface area contributed by atoms with Gasteiger partial charge in [-0.15, -0.1) is 8.58 Å². The van der Waals surface area contributed by atoms with Gasteiger partial charge in [-0.1, -0.05) is 46.5 Å². The molecule has 0 heterocycles. The van der Waals surface area contributed by atoms with Crippen LogP contribution in [0.1, 0.15) is 72.6 Å². The van der Waals surface area contributed by atoms with Crippen LogP contribution in [-0.2, 0) is 4.79 Å². The van der Waals surface area contributed by atoms with Crippen LogP contribution in [0.3, 0.4) is 0 Å². The molecule has 0 amide bonds. The highest BCUT2D eigenvalue weighted by atomic mass is 31.1. The molecule has 0 spiro atoms. The maximum atomic E-state index is 12.2. The number of hydrogen-bond donors (Lipinski definition) is 0. The molecule has 3 unspecified atom stereocenters. The second kappa shape index (κ2) is 9.09. The molecule has 0 saturated carbocycles. The largest absolute Gasteiger partial charge is 0.299 e. The third-order valence-corrected chi connectivity index (χ3v) is 5.93. The molecule has 0 saturated heterocycles. The number of Topliss-reactive ketones (excluding diaryl/α,β-unsaturated/α-hetero) is 1. The fraction of sp³-hybridized carbons (Fsp3) is 0.933. The van der Waals surface area contributed by atoms with Crippen molar-refractivity contribution in [1.82, 2.24) is 0 Å². The zero-order valence-corrected chi connectivity index (χ0v) is 13.4. The normalized spacial score (nSPS) is 17.2. The Bertz CT molecular complexity index is 209. The minimum Gasteiger partial charge on any atom is -0.299 e. The quantitative estimate of drug-likeness (QED) is 0.502. The molecule has 0 aliphatic rings. The molecule has 102 valence electrons. The smallest absolute Gasteiger partial charge is 0.142 e. The Labute approximate surface area is 110 Å². The Morgan fingerprint density at radius 3 is 2.29 bits per heavy atom. The van der Waals surface area contributed by atoms with Crippen molar-refractivity contribution in [2.45, 2.75) is 77.8 Å². The van der Waals surface area contributed by atoms with E-state index < -0.39 is 0 Å². The van der Waals surface area contributed by atoms with Crippen molar-refractivity contribution in [2.75, 3.05) is 6.66 Å². The molecule has 0 aromatic carbocycles. The molecule has 0 aliphatic heterocycles. The minimum absolute atomic E-state index is 0.0386. The number of ketones is 1. The predicted molar refractivity (Wildman–Crippen MR) is 80.5 cm³/mol. The molecule has 17 heavy (non-hydrogen) atoms. The topological polar surface area (TPSA) is 17.1 Å². The molecule has 1 nitrogen and oxygen atoms in total. The van der Waals surface area contributed by atoms with Crippen LogP contribution in [0.25, 0.3) is 0 Å². The Morgan fingerprint density at radius 2 is 1.88 bits per heavy atom. The van der Waals surface area contributed by atoms with Gasteiger partial charge in [-0.25, -0.2) is 0 Å². The first-order chi connectivity index (χ1) is 8.03. The van der Waals surface area contributed by atoms with Crippen molar-refractivity contribution in [2.24, 2.45) is 5.92 Å². The Kier molecular flexibility index (Phi) is 9.14. The maximum absolute atomic E-state index is 12.2. The van der Waals surface area contributed by atoms with Gasteiger partial charge >= 0.3 is 0 Å². The summed E-state index contributed by atoms with van der Waals surface area (Å²) in [6.45, 7) is 10.9. The lowest BCUT2D eigenvalue weighted by Crippen LogP contribution is -2.29. The summed E-state index contributed by atoms with van der Waals surface area (Å²) >= 11 is 0. The van der Waals surface area contributed by atoms with Gasteiger partial charge in [0.1, 0.15) is 5.78 Å². The van der Waals surface area contributed by atoms with Gasteiger partial charge in [-0.05, 0) is 32.3 Å². The molecule has 0 fully saturated rings. The number of rotatable bonds is 10. The summed E-state index contributed by atoms with van der Waals surface area (Å²) in [5.74, 6) is 1.26. The van der Waals surface area contributed by atoms with E-state index in [9.17, 15) is 4.79 Å². The highest BCUT2D eigenvalue weighted by Crippen LogP contribution is 2.34. The standard InChI is InChI=1S/C15H31OP/c1-6-9-10-13(7-2)11-12-14(16)15(4,8-3)17-5/h13,17H,6-12H2,1-5H3. The van der Waals surface area contributed by atoms with Crippen LogP contribution in [0, 0.1) is 5.92 Å². The van der Waals surface area contributed by atoms with Gasteiger partial charge in [0, 0.05) is 11.6 Å². The fourth-order valence-electron chi connectivity index (χ4n) is 2.17. The molecule has 0 aromatic rings. The van der Waals surface area contributed by atoms with E-state index in [-0.39, 0.29) is 5.16 Å². The maximum Gasteiger partial charge on any atom is 0.142 e. The third kappa shape index (κ3) is 6.00. The van der Waals surface area contributed by atoms with Gasteiger partial charge in [0.2, 0.25) is 0 Å². The lowest BCUT2D eigenvalue weighted by Gasteiger charge is -2.26. The van der Waals surface area contributed by atoms with E-state index in [1.807, 2.05) is 0 Å². The molecular formula is C15H31OP. The summed E-state index contributed by atoms with van der Waals surface area (Å²) in [6.07, 6.45) is 8.01. The molecule has 0 aromatic heterocycles. The predicted octanol–water partition coefficient (Wildman–Crippen LogP) is 5.03. The first-order valence-electron chi connectivity index (χ1n) is 7.26. The summed E-state index contributed by atoms with van der Waals surface area (Å²) in [7, 11) is 0.738. The summed E-state index contributed by atoms with van der Waals surface area (Å²) in [5.41, 5.74) is 0. The van der Waals surface area contributed by atoms with E-state index in [2.05, 4.69) is 34.4 Å². The first kappa shape index (κ1) is 17.1. The zero-order valence-electron chi connectivity index (χ0n) is 12.4. The van der Waals surface area contributed by atoms with Crippen LogP contribution in [0.5, 0.6) is 0 Å². The number of carbonyl (C=O) groups excluding carboxylic acids is 1. The van der Waals surface area contributed by atoms with E-state index >= 15 is 0 Å².